The molecule has 2 aliphatic heterocycles. The number of thiazole rings is 1. The second-order valence-electron chi connectivity index (χ2n) is 10.9. The quantitative estimate of drug-likeness (QED) is 0.197. The van der Waals surface area contributed by atoms with Crippen LogP contribution in [0.1, 0.15) is 60.6 Å². The van der Waals surface area contributed by atoms with Crippen molar-refractivity contribution in [1.82, 2.24) is 15.2 Å². The zero-order valence-corrected chi connectivity index (χ0v) is 25.1. The SMILES string of the molecule is CC/C=C(\C(=O)N[C@@H]1C(=O)N2C(C(=O)OCOC(=O)C(C)(C)C)=CCS[C@@H]12)c1csc(NC(=O)OC(C)(C)C)n1. The lowest BCUT2D eigenvalue weighted by atomic mass is 9.98. The van der Waals surface area contributed by atoms with Crippen LogP contribution < -0.4 is 10.6 Å². The molecule has 0 aliphatic carbocycles. The molecule has 0 saturated carbocycles. The van der Waals surface area contributed by atoms with Crippen LogP contribution in [-0.4, -0.2) is 69.3 Å². The van der Waals surface area contributed by atoms with Crippen molar-refractivity contribution >= 4 is 63.6 Å². The molecule has 0 bridgehead atoms. The number of hydrogen-bond donors (Lipinski definition) is 2. The van der Waals surface area contributed by atoms with E-state index in [1.54, 1.807) is 59.1 Å². The maximum Gasteiger partial charge on any atom is 0.413 e. The first-order chi connectivity index (χ1) is 18.6. The van der Waals surface area contributed by atoms with Crippen molar-refractivity contribution in [2.75, 3.05) is 17.9 Å². The number of nitrogens with zero attached hydrogens (tertiary/aromatic N) is 2. The van der Waals surface area contributed by atoms with Gasteiger partial charge in [0.15, 0.2) is 5.13 Å². The molecule has 40 heavy (non-hydrogen) atoms. The number of allylic oxidation sites excluding steroid dienone is 1. The summed E-state index contributed by atoms with van der Waals surface area (Å²) in [5.41, 5.74) is -0.810. The predicted octanol–water partition coefficient (Wildman–Crippen LogP) is 3.66. The number of carbonyl (C=O) groups is 5. The summed E-state index contributed by atoms with van der Waals surface area (Å²) in [6.45, 7) is 11.5. The van der Waals surface area contributed by atoms with E-state index in [4.69, 9.17) is 14.2 Å². The highest BCUT2D eigenvalue weighted by Crippen LogP contribution is 2.38. The fraction of sp³-hybridized carbons (Fsp3) is 0.538. The number of nitrogens with one attached hydrogen (secondary N) is 2. The first-order valence-electron chi connectivity index (χ1n) is 12.6. The van der Waals surface area contributed by atoms with Gasteiger partial charge in [-0.05, 0) is 54.0 Å². The van der Waals surface area contributed by atoms with Gasteiger partial charge in [-0.1, -0.05) is 13.0 Å². The molecule has 0 unspecified atom stereocenters. The van der Waals surface area contributed by atoms with Crippen LogP contribution in [0.2, 0.25) is 0 Å². The Labute approximate surface area is 240 Å². The number of ether oxygens (including phenoxy) is 3. The fourth-order valence-electron chi connectivity index (χ4n) is 3.54. The van der Waals surface area contributed by atoms with Gasteiger partial charge in [0, 0.05) is 11.1 Å². The lowest BCUT2D eigenvalue weighted by Gasteiger charge is -2.48. The molecule has 3 rings (SSSR count). The molecule has 0 aromatic carbocycles. The summed E-state index contributed by atoms with van der Waals surface area (Å²) in [7, 11) is 0. The number of thioether (sulfide) groups is 1. The summed E-state index contributed by atoms with van der Waals surface area (Å²) in [6, 6.07) is -0.869. The standard InChI is InChI=1S/C26H34N4O8S2/c1-8-9-14(15-12-40-23(27-15)29-24(35)38-26(5,6)7)18(31)28-17-19(32)30-16(10-11-39-20(17)30)21(33)36-13-37-22(34)25(2,3)4/h9-10,12,17,20H,8,11,13H2,1-7H3,(H,28,31)(H,27,29,35)/b14-9-/t17-,20+/m1/s1. The van der Waals surface area contributed by atoms with E-state index in [9.17, 15) is 24.0 Å². The molecule has 0 spiro atoms. The smallest absolute Gasteiger partial charge is 0.413 e. The molecule has 3 amide bonds. The molecular weight excluding hydrogens is 560 g/mol. The Morgan fingerprint density at radius 1 is 1.15 bits per heavy atom. The Morgan fingerprint density at radius 2 is 1.85 bits per heavy atom. The molecular formula is C26H34N4O8S2. The van der Waals surface area contributed by atoms with E-state index in [-0.39, 0.29) is 16.4 Å². The van der Waals surface area contributed by atoms with Crippen LogP contribution in [0, 0.1) is 5.41 Å². The number of amides is 3. The van der Waals surface area contributed by atoms with Crippen molar-refractivity contribution in [3.63, 3.8) is 0 Å². The fourth-order valence-corrected chi connectivity index (χ4v) is 5.43. The van der Waals surface area contributed by atoms with E-state index in [0.717, 1.165) is 11.3 Å². The van der Waals surface area contributed by atoms with Crippen molar-refractivity contribution in [2.45, 2.75) is 71.9 Å². The molecule has 1 aromatic heterocycles. The average molecular weight is 595 g/mol. The van der Waals surface area contributed by atoms with Gasteiger partial charge in [0.05, 0.1) is 16.7 Å². The minimum atomic E-state index is -0.869. The highest BCUT2D eigenvalue weighted by atomic mass is 32.2. The number of β-lactam (4-membered cyclic amide) rings is 1. The van der Waals surface area contributed by atoms with Gasteiger partial charge in [0.2, 0.25) is 6.79 Å². The zero-order chi connectivity index (χ0) is 29.8. The van der Waals surface area contributed by atoms with E-state index >= 15 is 0 Å². The van der Waals surface area contributed by atoms with Gasteiger partial charge in [-0.25, -0.2) is 14.6 Å². The Bertz CT molecular complexity index is 1240. The summed E-state index contributed by atoms with van der Waals surface area (Å²) in [5, 5.41) is 6.67. The number of rotatable bonds is 8. The van der Waals surface area contributed by atoms with Gasteiger partial charge in [-0.15, -0.1) is 23.1 Å². The van der Waals surface area contributed by atoms with Gasteiger partial charge >= 0.3 is 18.0 Å². The summed E-state index contributed by atoms with van der Waals surface area (Å²) in [4.78, 5) is 68.3. The summed E-state index contributed by atoms with van der Waals surface area (Å²) >= 11 is 2.52. The average Bonchev–Trinajstić information content (AvgIpc) is 3.30. The molecule has 3 heterocycles. The molecule has 218 valence electrons. The van der Waals surface area contributed by atoms with E-state index < -0.39 is 59.1 Å². The van der Waals surface area contributed by atoms with Gasteiger partial charge < -0.3 is 19.5 Å². The van der Waals surface area contributed by atoms with E-state index in [1.165, 1.54) is 16.7 Å². The molecule has 14 heteroatoms. The minimum Gasteiger partial charge on any atom is -0.444 e. The third-order valence-corrected chi connectivity index (χ3v) is 7.32. The number of anilines is 1. The molecule has 12 nitrogen and oxygen atoms in total. The number of fused-ring (bicyclic) bond motifs is 1. The van der Waals surface area contributed by atoms with Crippen LogP contribution in [0.4, 0.5) is 9.93 Å². The first kappa shape index (κ1) is 31.1. The predicted molar refractivity (Wildman–Crippen MR) is 150 cm³/mol. The monoisotopic (exact) mass is 594 g/mol. The van der Waals surface area contributed by atoms with Gasteiger partial charge in [0.25, 0.3) is 11.8 Å². The summed E-state index contributed by atoms with van der Waals surface area (Å²) < 4.78 is 15.3. The Morgan fingerprint density at radius 3 is 2.48 bits per heavy atom. The van der Waals surface area contributed by atoms with E-state index in [0.29, 0.717) is 17.9 Å². The van der Waals surface area contributed by atoms with Crippen molar-refractivity contribution < 1.29 is 38.2 Å². The molecule has 1 saturated heterocycles. The third-order valence-electron chi connectivity index (χ3n) is 5.38. The number of carbonyl (C=O) groups excluding carboxylic acids is 5. The van der Waals surface area contributed by atoms with Crippen molar-refractivity contribution in [1.29, 1.82) is 0 Å². The Balaban J connectivity index is 1.61. The normalized spacial score (nSPS) is 19.1. The van der Waals surface area contributed by atoms with Crippen LogP contribution in [0.15, 0.2) is 23.2 Å². The molecule has 2 aliphatic rings. The number of hydrogen-bond acceptors (Lipinski definition) is 11. The molecule has 1 aromatic rings. The second kappa shape index (κ2) is 12.4. The number of aromatic nitrogens is 1. The van der Waals surface area contributed by atoms with Gasteiger partial charge in [-0.2, -0.15) is 0 Å². The minimum absolute atomic E-state index is 0.0349. The van der Waals surface area contributed by atoms with Crippen LogP contribution in [0.25, 0.3) is 5.57 Å². The molecule has 2 atom stereocenters. The van der Waals surface area contributed by atoms with Crippen LogP contribution >= 0.6 is 23.1 Å². The van der Waals surface area contributed by atoms with Gasteiger partial charge in [-0.3, -0.25) is 24.6 Å². The number of esters is 2. The highest BCUT2D eigenvalue weighted by molar-refractivity contribution is 8.00. The van der Waals surface area contributed by atoms with Crippen molar-refractivity contribution in [3.05, 3.63) is 28.9 Å². The van der Waals surface area contributed by atoms with Crippen molar-refractivity contribution in [3.8, 4) is 0 Å². The summed E-state index contributed by atoms with van der Waals surface area (Å²) in [6.07, 6.45) is 3.10. The first-order valence-corrected chi connectivity index (χ1v) is 14.5. The van der Waals surface area contributed by atoms with Crippen molar-refractivity contribution in [2.24, 2.45) is 5.41 Å². The Kier molecular flexibility index (Phi) is 9.67. The topological polar surface area (TPSA) is 153 Å². The summed E-state index contributed by atoms with van der Waals surface area (Å²) in [5.74, 6) is -1.90. The largest absolute Gasteiger partial charge is 0.444 e. The molecule has 0 radical (unpaired) electrons. The lowest BCUT2D eigenvalue weighted by molar-refractivity contribution is -0.173. The zero-order valence-electron chi connectivity index (χ0n) is 23.5. The van der Waals surface area contributed by atoms with Crippen LogP contribution in [-0.2, 0) is 33.4 Å². The second-order valence-corrected chi connectivity index (χ2v) is 12.9. The van der Waals surface area contributed by atoms with Gasteiger partial charge in [0.1, 0.15) is 22.7 Å². The van der Waals surface area contributed by atoms with E-state index in [2.05, 4.69) is 15.6 Å². The maximum absolute atomic E-state index is 13.2. The Hall–Kier alpha value is -3.39. The lowest BCUT2D eigenvalue weighted by Crippen LogP contribution is -2.70. The maximum atomic E-state index is 13.2. The van der Waals surface area contributed by atoms with Crippen LogP contribution in [0.3, 0.4) is 0 Å². The molecule has 1 fully saturated rings. The van der Waals surface area contributed by atoms with Crippen LogP contribution in [0.5, 0.6) is 0 Å². The third kappa shape index (κ3) is 7.62. The van der Waals surface area contributed by atoms with E-state index in [1.807, 2.05) is 6.92 Å². The molecule has 2 N–H and O–H groups in total. The highest BCUT2D eigenvalue weighted by Gasteiger charge is 2.53.